The number of aliphatic imine (C=N–C) groups is 2. The summed E-state index contributed by atoms with van der Waals surface area (Å²) in [6.07, 6.45) is -0.493. The van der Waals surface area contributed by atoms with Crippen LogP contribution in [0.4, 0.5) is 0 Å². The van der Waals surface area contributed by atoms with Crippen molar-refractivity contribution in [2.75, 3.05) is 19.6 Å². The maximum absolute atomic E-state index is 14.7. The van der Waals surface area contributed by atoms with Crippen molar-refractivity contribution >= 4 is 76.9 Å². The van der Waals surface area contributed by atoms with E-state index in [2.05, 4.69) is 57.8 Å². The molecule has 454 valence electrons. The van der Waals surface area contributed by atoms with Crippen LogP contribution in [-0.2, 0) is 52.7 Å². The van der Waals surface area contributed by atoms with Crippen LogP contribution in [0.3, 0.4) is 0 Å². The average Bonchev–Trinajstić information content (AvgIpc) is 3.31. The van der Waals surface area contributed by atoms with Crippen LogP contribution < -0.4 is 88.0 Å². The molecule has 0 aromatic carbocycles. The predicted octanol–water partition coefficient (Wildman–Crippen LogP) is -4.08. The summed E-state index contributed by atoms with van der Waals surface area (Å²) in [5.41, 5.74) is 37.0. The van der Waals surface area contributed by atoms with E-state index in [4.69, 9.17) is 40.1 Å². The molecule has 1 heterocycles. The first-order valence-electron chi connectivity index (χ1n) is 27.0. The highest BCUT2D eigenvalue weighted by molar-refractivity contribution is 5.99. The first-order chi connectivity index (χ1) is 36.8. The quantitative estimate of drug-likeness (QED) is 0.0211. The zero-order chi connectivity index (χ0) is 61.5. The fourth-order valence-electron chi connectivity index (χ4n) is 8.23. The van der Waals surface area contributed by atoms with Crippen LogP contribution >= 0.6 is 0 Å². The van der Waals surface area contributed by atoms with Gasteiger partial charge in [0.25, 0.3) is 0 Å². The molecule has 29 heteroatoms. The fraction of sp³-hybridized carbons (Fsp3) is 0.745. The van der Waals surface area contributed by atoms with Gasteiger partial charge < -0.3 is 88.0 Å². The van der Waals surface area contributed by atoms with Gasteiger partial charge in [0.1, 0.15) is 48.3 Å². The Bertz CT molecular complexity index is 2230. The molecule has 10 atom stereocenters. The van der Waals surface area contributed by atoms with Crippen molar-refractivity contribution in [3.63, 3.8) is 0 Å². The van der Waals surface area contributed by atoms with E-state index < -0.39 is 154 Å². The zero-order valence-electron chi connectivity index (χ0n) is 48.6. The Labute approximate surface area is 469 Å². The molecule has 80 heavy (non-hydrogen) atoms. The van der Waals surface area contributed by atoms with Gasteiger partial charge in [-0.15, -0.1) is 0 Å². The van der Waals surface area contributed by atoms with Gasteiger partial charge >= 0.3 is 0 Å². The van der Waals surface area contributed by atoms with Gasteiger partial charge in [-0.05, 0) is 73.5 Å². The summed E-state index contributed by atoms with van der Waals surface area (Å²) in [6.45, 7) is 19.1. The molecule has 29 nitrogen and oxygen atoms in total. The third-order valence-corrected chi connectivity index (χ3v) is 12.5. The number of amides is 11. The molecule has 0 unspecified atom stereocenters. The molecule has 0 aromatic rings. The van der Waals surface area contributed by atoms with Crippen molar-refractivity contribution < 1.29 is 52.7 Å². The molecule has 23 N–H and O–H groups in total. The van der Waals surface area contributed by atoms with Gasteiger partial charge in [-0.25, -0.2) is 0 Å². The Morgan fingerprint density at radius 1 is 0.613 bits per heavy atom. The number of nitrogens with one attached hydrogen (secondary N) is 9. The number of primary amides is 2. The monoisotopic (exact) mass is 1130 g/mol. The summed E-state index contributed by atoms with van der Waals surface area (Å²) in [4.78, 5) is 159. The highest BCUT2D eigenvalue weighted by Crippen LogP contribution is 2.25. The van der Waals surface area contributed by atoms with E-state index in [9.17, 15) is 52.7 Å². The zero-order valence-corrected chi connectivity index (χ0v) is 48.6. The Kier molecular flexibility index (Phi) is 28.9. The molecule has 1 aliphatic heterocycles. The summed E-state index contributed by atoms with van der Waals surface area (Å²) in [5, 5.41) is 23.6. The Morgan fingerprint density at radius 3 is 1.57 bits per heavy atom. The van der Waals surface area contributed by atoms with Crippen LogP contribution in [-0.4, -0.2) is 151 Å². The molecule has 0 bridgehead atoms. The molecular formula is C51H94N18O11. The van der Waals surface area contributed by atoms with Crippen LogP contribution in [0.5, 0.6) is 0 Å². The number of carbonyl (C=O) groups is 11. The van der Waals surface area contributed by atoms with Crippen LogP contribution in [0, 0.1) is 22.2 Å². The van der Waals surface area contributed by atoms with Gasteiger partial charge in [-0.1, -0.05) is 82.6 Å². The summed E-state index contributed by atoms with van der Waals surface area (Å²) in [6, 6.07) is -12.6. The van der Waals surface area contributed by atoms with Gasteiger partial charge in [-0.2, -0.15) is 0 Å². The summed E-state index contributed by atoms with van der Waals surface area (Å²) >= 11 is 0. The maximum Gasteiger partial charge on any atom is 0.245 e. The van der Waals surface area contributed by atoms with Crippen LogP contribution in [0.2, 0.25) is 0 Å². The van der Waals surface area contributed by atoms with E-state index in [0.29, 0.717) is 6.42 Å². The number of hydrogen-bond donors (Lipinski definition) is 16. The number of nitrogens with two attached hydrogens (primary N) is 7. The maximum atomic E-state index is 14.7. The molecule has 1 saturated heterocycles. The van der Waals surface area contributed by atoms with E-state index in [1.54, 1.807) is 55.4 Å². The number of guanidine groups is 2. The molecule has 0 radical (unpaired) electrons. The predicted molar refractivity (Wildman–Crippen MR) is 300 cm³/mol. The van der Waals surface area contributed by atoms with Crippen molar-refractivity contribution in [1.82, 2.24) is 47.9 Å². The van der Waals surface area contributed by atoms with E-state index in [1.165, 1.54) is 0 Å². The van der Waals surface area contributed by atoms with Crippen molar-refractivity contribution in [3.05, 3.63) is 0 Å². The smallest absolute Gasteiger partial charge is 0.245 e. The average molecular weight is 1140 g/mol. The third kappa shape index (κ3) is 28.5. The second-order valence-corrected chi connectivity index (χ2v) is 24.0. The second kappa shape index (κ2) is 32.7. The lowest BCUT2D eigenvalue weighted by molar-refractivity contribution is -0.137. The van der Waals surface area contributed by atoms with E-state index >= 15 is 0 Å². The molecule has 1 fully saturated rings. The largest absolute Gasteiger partial charge is 0.370 e. The molecule has 0 aliphatic carbocycles. The van der Waals surface area contributed by atoms with Crippen LogP contribution in [0.1, 0.15) is 147 Å². The highest BCUT2D eigenvalue weighted by Gasteiger charge is 2.39. The first-order valence-corrected chi connectivity index (χ1v) is 27.0. The van der Waals surface area contributed by atoms with Gasteiger partial charge in [0.15, 0.2) is 11.9 Å². The third-order valence-electron chi connectivity index (χ3n) is 12.5. The lowest BCUT2D eigenvalue weighted by Gasteiger charge is -2.32. The number of rotatable bonds is 27. The van der Waals surface area contributed by atoms with Gasteiger partial charge in [0, 0.05) is 26.1 Å². The molecule has 0 aromatic heterocycles. The summed E-state index contributed by atoms with van der Waals surface area (Å²) in [7, 11) is 0. The first kappa shape index (κ1) is 70.7. The number of hydrogen-bond acceptors (Lipinski definition) is 14. The minimum atomic E-state index is -1.72. The fourth-order valence-corrected chi connectivity index (χ4v) is 8.23. The lowest BCUT2D eigenvalue weighted by atomic mass is 9.86. The van der Waals surface area contributed by atoms with Crippen LogP contribution in [0.25, 0.3) is 0 Å². The Balaban J connectivity index is 3.93. The molecule has 11 amide bonds. The van der Waals surface area contributed by atoms with Crippen molar-refractivity contribution in [1.29, 1.82) is 0 Å². The van der Waals surface area contributed by atoms with E-state index in [-0.39, 0.29) is 82.8 Å². The lowest BCUT2D eigenvalue weighted by Crippen LogP contribution is -2.63. The Morgan fingerprint density at radius 2 is 1.11 bits per heavy atom. The number of nitrogens with zero attached hydrogens (tertiary/aromatic N) is 2. The van der Waals surface area contributed by atoms with Crippen molar-refractivity contribution in [3.8, 4) is 0 Å². The van der Waals surface area contributed by atoms with Gasteiger partial charge in [0.2, 0.25) is 65.0 Å². The van der Waals surface area contributed by atoms with Gasteiger partial charge in [-0.3, -0.25) is 62.7 Å². The SMILES string of the molecule is CC[C@H](C)[C@@H]1NC(=O)C[C@H](NC(=O)[C@@H](N)CCCN=C(N)N)C(=O)NC[C@@H](C(=O)N[C@@H](CCCN=C(N)N)C(=O)N[C@@H](CC(C)(C)C)C(=O)N[C@@H](CC(C)(C)C)C(=O)N[C@@H](CCC(N)=O)C(N)=O)NC(=O)[C@H](CC(C)(C)C)NC1=O. The second-order valence-electron chi connectivity index (χ2n) is 24.0. The standard InChI is InChI=1S/C51H94N18O11/c1-12-26(2)37-46(80)67-33(24-51(9,10)11)44(78)68-34(25-61-40(74)30(21-36(71)69-37)64-39(73)27(52)15-13-19-59-47(55)56)45(79)63-29(16-14-20-60-48(57)58)41(75)65-32(23-50(6,7)8)43(77)66-31(22-49(3,4)5)42(76)62-28(38(54)72)17-18-35(53)70/h26-34,37H,12-25,52H2,1-11H3,(H2,53,70)(H2,54,72)(H,61,74)(H,62,76)(H,63,79)(H,64,73)(H,65,75)(H,66,77)(H,67,80)(H,68,78)(H,69,71)(H4,55,56,59)(H4,57,58,60)/t26-,27-,28-,29-,30-,31-,32-,33-,34-,37-/m0/s1. The molecule has 1 rings (SSSR count). The van der Waals surface area contributed by atoms with Crippen molar-refractivity contribution in [2.45, 2.75) is 201 Å². The molecule has 0 saturated carbocycles. The summed E-state index contributed by atoms with van der Waals surface area (Å²) in [5.74, 6) is -10.4. The minimum absolute atomic E-state index is 0.0201. The molecule has 1 aliphatic rings. The normalized spacial score (nSPS) is 19.9. The minimum Gasteiger partial charge on any atom is -0.370 e. The molecular weight excluding hydrogens is 1040 g/mol. The topological polar surface area (TPSA) is 503 Å². The molecule has 0 spiro atoms. The van der Waals surface area contributed by atoms with Crippen LogP contribution in [0.15, 0.2) is 9.98 Å². The van der Waals surface area contributed by atoms with Gasteiger partial charge in [0.05, 0.1) is 12.5 Å². The number of carbonyl (C=O) groups excluding carboxylic acids is 11. The Hall–Kier alpha value is -7.33. The van der Waals surface area contributed by atoms with E-state index in [1.807, 2.05) is 20.8 Å². The van der Waals surface area contributed by atoms with E-state index in [0.717, 1.165) is 0 Å². The highest BCUT2D eigenvalue weighted by atomic mass is 16.2. The summed E-state index contributed by atoms with van der Waals surface area (Å²) < 4.78 is 0. The van der Waals surface area contributed by atoms with Crippen molar-refractivity contribution in [2.24, 2.45) is 72.3 Å².